The van der Waals surface area contributed by atoms with Crippen molar-refractivity contribution in [3.8, 4) is 0 Å². The van der Waals surface area contributed by atoms with Gasteiger partial charge in [0, 0.05) is 36.6 Å². The van der Waals surface area contributed by atoms with Crippen LogP contribution in [-0.4, -0.2) is 44.9 Å². The Hall–Kier alpha value is -3.03. The van der Waals surface area contributed by atoms with E-state index in [0.717, 1.165) is 30.1 Å². The maximum absolute atomic E-state index is 12.2. The lowest BCUT2D eigenvalue weighted by molar-refractivity contribution is 0.0922. The number of aryl methyl sites for hydroxylation is 2. The first kappa shape index (κ1) is 17.8. The number of pyridine rings is 1. The summed E-state index contributed by atoms with van der Waals surface area (Å²) in [7, 11) is 0. The van der Waals surface area contributed by atoms with E-state index in [1.807, 2.05) is 13.0 Å². The molecule has 0 radical (unpaired) electrons. The third kappa shape index (κ3) is 4.33. The predicted octanol–water partition coefficient (Wildman–Crippen LogP) is 1.72. The molecule has 3 heterocycles. The van der Waals surface area contributed by atoms with Crippen molar-refractivity contribution < 1.29 is 9.59 Å². The molecule has 0 unspecified atom stereocenters. The van der Waals surface area contributed by atoms with Crippen molar-refractivity contribution in [2.24, 2.45) is 0 Å². The fraction of sp³-hybridized carbons (Fsp3) is 0.389. The van der Waals surface area contributed by atoms with Crippen LogP contribution in [0.2, 0.25) is 0 Å². The maximum Gasteiger partial charge on any atom is 0.336 e. The first-order valence-electron chi connectivity index (χ1n) is 8.61. The summed E-state index contributed by atoms with van der Waals surface area (Å²) >= 11 is 0. The van der Waals surface area contributed by atoms with E-state index in [1.165, 1.54) is 0 Å². The third-order valence-corrected chi connectivity index (χ3v) is 4.36. The summed E-state index contributed by atoms with van der Waals surface area (Å²) in [5.41, 5.74) is 6.81. The first-order chi connectivity index (χ1) is 12.5. The van der Waals surface area contributed by atoms with Gasteiger partial charge in [0.2, 0.25) is 0 Å². The number of hydrazine groups is 1. The lowest BCUT2D eigenvalue weighted by Crippen LogP contribution is -2.51. The summed E-state index contributed by atoms with van der Waals surface area (Å²) in [4.78, 5) is 38.9. The van der Waals surface area contributed by atoms with Crippen molar-refractivity contribution in [2.45, 2.75) is 32.6 Å². The molecule has 1 saturated heterocycles. The number of aromatic nitrogens is 3. The molecule has 8 heteroatoms. The summed E-state index contributed by atoms with van der Waals surface area (Å²) in [5.74, 6) is 0.652. The van der Waals surface area contributed by atoms with Gasteiger partial charge in [-0.15, -0.1) is 0 Å². The Kier molecular flexibility index (Phi) is 5.40. The van der Waals surface area contributed by atoms with E-state index in [-0.39, 0.29) is 17.6 Å². The maximum atomic E-state index is 12.2. The summed E-state index contributed by atoms with van der Waals surface area (Å²) in [6.45, 7) is 4.93. The number of carbonyl (C=O) groups excluding carboxylic acids is 2. The number of nitrogens with zero attached hydrogens (tertiary/aromatic N) is 4. The van der Waals surface area contributed by atoms with Crippen molar-refractivity contribution in [3.63, 3.8) is 0 Å². The van der Waals surface area contributed by atoms with Gasteiger partial charge < -0.3 is 4.90 Å². The van der Waals surface area contributed by atoms with E-state index in [4.69, 9.17) is 0 Å². The lowest BCUT2D eigenvalue weighted by Gasteiger charge is -2.31. The molecule has 1 aliphatic heterocycles. The topological polar surface area (TPSA) is 100 Å². The van der Waals surface area contributed by atoms with E-state index in [9.17, 15) is 9.59 Å². The summed E-state index contributed by atoms with van der Waals surface area (Å²) in [6.07, 6.45) is 3.36. The second-order valence-corrected chi connectivity index (χ2v) is 6.37. The molecule has 0 spiro atoms. The molecule has 0 atom stereocenters. The average Bonchev–Trinajstić information content (AvgIpc) is 2.66. The zero-order chi connectivity index (χ0) is 18.5. The van der Waals surface area contributed by atoms with Crippen LogP contribution in [0.5, 0.6) is 0 Å². The van der Waals surface area contributed by atoms with E-state index >= 15 is 0 Å². The van der Waals surface area contributed by atoms with Crippen LogP contribution in [0, 0.1) is 13.8 Å². The van der Waals surface area contributed by atoms with E-state index in [2.05, 4.69) is 25.8 Å². The van der Waals surface area contributed by atoms with Crippen LogP contribution in [-0.2, 0) is 0 Å². The predicted molar refractivity (Wildman–Crippen MR) is 95.3 cm³/mol. The molecule has 136 valence electrons. The summed E-state index contributed by atoms with van der Waals surface area (Å²) < 4.78 is 0. The second kappa shape index (κ2) is 7.90. The van der Waals surface area contributed by atoms with Crippen LogP contribution in [0.4, 0.5) is 4.79 Å². The smallest absolute Gasteiger partial charge is 0.323 e. The number of likely N-dealkylation sites (tertiary alicyclic amines) is 1. The highest BCUT2D eigenvalue weighted by molar-refractivity contribution is 5.93. The second-order valence-electron chi connectivity index (χ2n) is 6.37. The van der Waals surface area contributed by atoms with Crippen LogP contribution in [0.1, 0.15) is 46.5 Å². The van der Waals surface area contributed by atoms with Crippen LogP contribution >= 0.6 is 0 Å². The van der Waals surface area contributed by atoms with Crippen LogP contribution < -0.4 is 10.9 Å². The Balaban J connectivity index is 1.48. The Labute approximate surface area is 152 Å². The van der Waals surface area contributed by atoms with Gasteiger partial charge in [-0.3, -0.25) is 10.2 Å². The highest BCUT2D eigenvalue weighted by atomic mass is 16.2. The molecule has 8 nitrogen and oxygen atoms in total. The molecule has 26 heavy (non-hydrogen) atoms. The fourth-order valence-electron chi connectivity index (χ4n) is 2.93. The van der Waals surface area contributed by atoms with Crippen LogP contribution in [0.3, 0.4) is 0 Å². The molecule has 0 aromatic carbocycles. The Morgan fingerprint density at radius 3 is 2.46 bits per heavy atom. The molecule has 2 aromatic heterocycles. The number of amides is 3. The standard InChI is InChI=1S/C18H22N6O2/c1-12-4-3-5-15(20-12)17(25)22-23-18(26)24-10-7-14(8-11-24)16-19-9-6-13(2)21-16/h3-6,9,14H,7-8,10-11H2,1-2H3,(H,22,25)(H,23,26). The minimum absolute atomic E-state index is 0.255. The summed E-state index contributed by atoms with van der Waals surface area (Å²) in [5, 5.41) is 0. The number of piperidine rings is 1. The zero-order valence-corrected chi connectivity index (χ0v) is 14.9. The van der Waals surface area contributed by atoms with E-state index in [1.54, 1.807) is 36.2 Å². The van der Waals surface area contributed by atoms with E-state index < -0.39 is 5.91 Å². The molecule has 0 saturated carbocycles. The molecule has 0 bridgehead atoms. The van der Waals surface area contributed by atoms with Gasteiger partial charge in [0.15, 0.2) is 0 Å². The van der Waals surface area contributed by atoms with Crippen molar-refractivity contribution >= 4 is 11.9 Å². The van der Waals surface area contributed by atoms with Crippen molar-refractivity contribution in [1.29, 1.82) is 0 Å². The van der Waals surface area contributed by atoms with Crippen molar-refractivity contribution in [3.05, 3.63) is 53.4 Å². The molecule has 1 fully saturated rings. The molecular weight excluding hydrogens is 332 g/mol. The first-order valence-corrected chi connectivity index (χ1v) is 8.61. The van der Waals surface area contributed by atoms with Crippen molar-refractivity contribution in [1.82, 2.24) is 30.7 Å². The highest BCUT2D eigenvalue weighted by Gasteiger charge is 2.25. The largest absolute Gasteiger partial charge is 0.336 e. The van der Waals surface area contributed by atoms with Gasteiger partial charge in [0.05, 0.1) is 0 Å². The molecule has 3 rings (SSSR count). The summed E-state index contributed by atoms with van der Waals surface area (Å²) in [6, 6.07) is 6.70. The SMILES string of the molecule is Cc1cccc(C(=O)NNC(=O)N2CCC(c3nccc(C)n3)CC2)n1. The Bertz CT molecular complexity index is 802. The number of carbonyl (C=O) groups is 2. The highest BCUT2D eigenvalue weighted by Crippen LogP contribution is 2.25. The zero-order valence-electron chi connectivity index (χ0n) is 14.9. The average molecular weight is 354 g/mol. The van der Waals surface area contributed by atoms with Gasteiger partial charge in [-0.1, -0.05) is 6.07 Å². The number of urea groups is 1. The number of hydrogen-bond acceptors (Lipinski definition) is 5. The number of hydrogen-bond donors (Lipinski definition) is 2. The van der Waals surface area contributed by atoms with Gasteiger partial charge in [-0.25, -0.2) is 25.2 Å². The quantitative estimate of drug-likeness (QED) is 0.800. The van der Waals surface area contributed by atoms with Gasteiger partial charge in [0.1, 0.15) is 11.5 Å². The molecular formula is C18H22N6O2. The fourth-order valence-corrected chi connectivity index (χ4v) is 2.93. The Morgan fingerprint density at radius 2 is 1.77 bits per heavy atom. The number of nitrogens with one attached hydrogen (secondary N) is 2. The van der Waals surface area contributed by atoms with Gasteiger partial charge in [-0.2, -0.15) is 0 Å². The number of rotatable bonds is 2. The van der Waals surface area contributed by atoms with Gasteiger partial charge in [-0.05, 0) is 44.9 Å². The van der Waals surface area contributed by atoms with Crippen LogP contribution in [0.15, 0.2) is 30.5 Å². The molecule has 3 amide bonds. The normalized spacial score (nSPS) is 14.8. The Morgan fingerprint density at radius 1 is 1.04 bits per heavy atom. The van der Waals surface area contributed by atoms with Gasteiger partial charge in [0.25, 0.3) is 5.91 Å². The molecule has 1 aliphatic rings. The van der Waals surface area contributed by atoms with Crippen molar-refractivity contribution in [2.75, 3.05) is 13.1 Å². The van der Waals surface area contributed by atoms with Crippen LogP contribution in [0.25, 0.3) is 0 Å². The van der Waals surface area contributed by atoms with E-state index in [0.29, 0.717) is 13.1 Å². The third-order valence-electron chi connectivity index (χ3n) is 4.36. The molecule has 2 aromatic rings. The minimum atomic E-state index is -0.440. The monoisotopic (exact) mass is 354 g/mol. The molecule has 2 N–H and O–H groups in total. The van der Waals surface area contributed by atoms with Gasteiger partial charge >= 0.3 is 6.03 Å². The minimum Gasteiger partial charge on any atom is -0.323 e. The molecule has 0 aliphatic carbocycles. The lowest BCUT2D eigenvalue weighted by atomic mass is 9.96.